The molecule has 0 spiro atoms. The second-order valence-electron chi connectivity index (χ2n) is 2.98. The van der Waals surface area contributed by atoms with Gasteiger partial charge in [-0.1, -0.05) is 0 Å². The number of hydrogen-bond acceptors (Lipinski definition) is 1. The lowest BCUT2D eigenvalue weighted by atomic mass is 10.1. The molecule has 4 heteroatoms. The summed E-state index contributed by atoms with van der Waals surface area (Å²) in [5, 5.41) is 0.652. The van der Waals surface area contributed by atoms with Crippen LogP contribution in [0.4, 0.5) is 4.39 Å². The Balaban J connectivity index is 2.88. The van der Waals surface area contributed by atoms with Crippen LogP contribution in [0.15, 0.2) is 29.1 Å². The smallest absolute Gasteiger partial charge is 0.248 e. The molecule has 0 atom stereocenters. The van der Waals surface area contributed by atoms with Gasteiger partial charge in [-0.05, 0) is 23.8 Å². The van der Waals surface area contributed by atoms with Crippen molar-refractivity contribution >= 4 is 22.5 Å². The van der Waals surface area contributed by atoms with E-state index in [1.54, 1.807) is 0 Å². The number of aromatic amines is 1. The van der Waals surface area contributed by atoms with Gasteiger partial charge in [-0.2, -0.15) is 0 Å². The number of hydrogen-bond donors (Lipinski definition) is 1. The first kappa shape index (κ1) is 9.21. The zero-order chi connectivity index (χ0) is 10.1. The molecule has 72 valence electrons. The molecule has 0 aliphatic heterocycles. The molecule has 0 amide bonds. The Morgan fingerprint density at radius 2 is 2.14 bits per heavy atom. The zero-order valence-corrected chi connectivity index (χ0v) is 7.94. The predicted molar refractivity (Wildman–Crippen MR) is 54.1 cm³/mol. The van der Waals surface area contributed by atoms with Crippen LogP contribution < -0.4 is 5.56 Å². The standard InChI is InChI=1S/C10H7ClFNO/c11-5-6-3-10(14)13-9-2-1-7(12)4-8(6)9/h1-4H,5H2,(H,13,14). The molecule has 0 aliphatic rings. The summed E-state index contributed by atoms with van der Waals surface area (Å²) in [4.78, 5) is 13.8. The fourth-order valence-electron chi connectivity index (χ4n) is 1.41. The van der Waals surface area contributed by atoms with Gasteiger partial charge in [0.05, 0.1) is 0 Å². The molecular weight excluding hydrogens is 205 g/mol. The van der Waals surface area contributed by atoms with Crippen molar-refractivity contribution in [3.05, 3.63) is 46.0 Å². The molecule has 2 rings (SSSR count). The van der Waals surface area contributed by atoms with Crippen LogP contribution in [0.3, 0.4) is 0 Å². The fourth-order valence-corrected chi connectivity index (χ4v) is 1.63. The minimum atomic E-state index is -0.337. The van der Waals surface area contributed by atoms with E-state index in [1.165, 1.54) is 24.3 Å². The lowest BCUT2D eigenvalue weighted by Gasteiger charge is -2.02. The van der Waals surface area contributed by atoms with Crippen LogP contribution in [-0.4, -0.2) is 4.98 Å². The Morgan fingerprint density at radius 1 is 1.36 bits per heavy atom. The van der Waals surface area contributed by atoms with E-state index in [2.05, 4.69) is 4.98 Å². The molecule has 2 aromatic rings. The first-order valence-electron chi connectivity index (χ1n) is 4.08. The van der Waals surface area contributed by atoms with Crippen molar-refractivity contribution < 1.29 is 4.39 Å². The molecule has 2 nitrogen and oxygen atoms in total. The second kappa shape index (κ2) is 3.42. The van der Waals surface area contributed by atoms with Gasteiger partial charge in [0.1, 0.15) is 5.82 Å². The molecule has 0 bridgehead atoms. The van der Waals surface area contributed by atoms with E-state index in [0.29, 0.717) is 16.5 Å². The Bertz CT molecular complexity index is 535. The minimum absolute atomic E-state index is 0.198. The monoisotopic (exact) mass is 211 g/mol. The average Bonchev–Trinajstić information content (AvgIpc) is 2.17. The van der Waals surface area contributed by atoms with Crippen molar-refractivity contribution in [3.63, 3.8) is 0 Å². The number of aromatic nitrogens is 1. The second-order valence-corrected chi connectivity index (χ2v) is 3.25. The minimum Gasteiger partial charge on any atom is -0.322 e. The molecule has 1 aromatic carbocycles. The zero-order valence-electron chi connectivity index (χ0n) is 7.18. The van der Waals surface area contributed by atoms with Crippen molar-refractivity contribution in [2.75, 3.05) is 0 Å². The topological polar surface area (TPSA) is 32.9 Å². The summed E-state index contributed by atoms with van der Waals surface area (Å²) in [7, 11) is 0. The van der Waals surface area contributed by atoms with Crippen LogP contribution in [0.25, 0.3) is 10.9 Å². The Kier molecular flexibility index (Phi) is 2.25. The van der Waals surface area contributed by atoms with Crippen LogP contribution in [0.2, 0.25) is 0 Å². The van der Waals surface area contributed by atoms with E-state index in [4.69, 9.17) is 11.6 Å². The highest BCUT2D eigenvalue weighted by molar-refractivity contribution is 6.17. The van der Waals surface area contributed by atoms with Crippen molar-refractivity contribution in [2.24, 2.45) is 0 Å². The van der Waals surface area contributed by atoms with E-state index in [9.17, 15) is 9.18 Å². The summed E-state index contributed by atoms with van der Waals surface area (Å²) in [6, 6.07) is 5.58. The lowest BCUT2D eigenvalue weighted by Crippen LogP contribution is -2.05. The molecule has 1 heterocycles. The van der Waals surface area contributed by atoms with Gasteiger partial charge in [-0.25, -0.2) is 4.39 Å². The normalized spacial score (nSPS) is 10.7. The van der Waals surface area contributed by atoms with E-state index in [1.807, 2.05) is 0 Å². The maximum atomic E-state index is 12.9. The number of H-pyrrole nitrogens is 1. The van der Waals surface area contributed by atoms with E-state index in [0.717, 1.165) is 0 Å². The number of pyridine rings is 1. The molecule has 0 saturated heterocycles. The lowest BCUT2D eigenvalue weighted by molar-refractivity contribution is 0.629. The van der Waals surface area contributed by atoms with Crippen molar-refractivity contribution in [2.45, 2.75) is 5.88 Å². The highest BCUT2D eigenvalue weighted by atomic mass is 35.5. The number of halogens is 2. The van der Waals surface area contributed by atoms with E-state index >= 15 is 0 Å². The summed E-state index contributed by atoms with van der Waals surface area (Å²) >= 11 is 5.65. The Labute approximate surface area is 84.3 Å². The summed E-state index contributed by atoms with van der Waals surface area (Å²) < 4.78 is 12.9. The molecule has 14 heavy (non-hydrogen) atoms. The first-order valence-corrected chi connectivity index (χ1v) is 4.61. The quantitative estimate of drug-likeness (QED) is 0.722. The molecule has 0 saturated carbocycles. The van der Waals surface area contributed by atoms with Gasteiger partial charge in [0, 0.05) is 22.8 Å². The predicted octanol–water partition coefficient (Wildman–Crippen LogP) is 2.41. The van der Waals surface area contributed by atoms with Gasteiger partial charge in [-0.3, -0.25) is 4.79 Å². The molecule has 0 radical (unpaired) electrons. The number of fused-ring (bicyclic) bond motifs is 1. The van der Waals surface area contributed by atoms with Gasteiger partial charge in [0.15, 0.2) is 0 Å². The van der Waals surface area contributed by atoms with Crippen molar-refractivity contribution in [1.29, 1.82) is 0 Å². The molecule has 0 unspecified atom stereocenters. The number of nitrogens with one attached hydrogen (secondary N) is 1. The van der Waals surface area contributed by atoms with Crippen LogP contribution in [0, 0.1) is 5.82 Å². The largest absolute Gasteiger partial charge is 0.322 e. The van der Waals surface area contributed by atoms with Gasteiger partial charge >= 0.3 is 0 Å². The van der Waals surface area contributed by atoms with E-state index < -0.39 is 0 Å². The number of rotatable bonds is 1. The maximum absolute atomic E-state index is 12.9. The summed E-state index contributed by atoms with van der Waals surface area (Å²) in [5.74, 6) is -0.139. The maximum Gasteiger partial charge on any atom is 0.248 e. The highest BCUT2D eigenvalue weighted by Crippen LogP contribution is 2.17. The van der Waals surface area contributed by atoms with Crippen molar-refractivity contribution in [3.8, 4) is 0 Å². The molecular formula is C10H7ClFNO. The van der Waals surface area contributed by atoms with Gasteiger partial charge in [0.2, 0.25) is 5.56 Å². The molecule has 0 fully saturated rings. The van der Waals surface area contributed by atoms with Crippen LogP contribution >= 0.6 is 11.6 Å². The molecule has 1 aromatic heterocycles. The third kappa shape index (κ3) is 1.51. The van der Waals surface area contributed by atoms with Crippen LogP contribution in [-0.2, 0) is 5.88 Å². The fraction of sp³-hybridized carbons (Fsp3) is 0.100. The third-order valence-corrected chi connectivity index (χ3v) is 2.32. The molecule has 1 N–H and O–H groups in total. The number of benzene rings is 1. The van der Waals surface area contributed by atoms with Crippen molar-refractivity contribution in [1.82, 2.24) is 4.98 Å². The van der Waals surface area contributed by atoms with Gasteiger partial charge in [-0.15, -0.1) is 11.6 Å². The summed E-state index contributed by atoms with van der Waals surface area (Å²) in [6.45, 7) is 0. The van der Waals surface area contributed by atoms with Crippen LogP contribution in [0.5, 0.6) is 0 Å². The van der Waals surface area contributed by atoms with Gasteiger partial charge < -0.3 is 4.98 Å². The number of alkyl halides is 1. The summed E-state index contributed by atoms with van der Waals surface area (Å²) in [6.07, 6.45) is 0. The van der Waals surface area contributed by atoms with Crippen LogP contribution in [0.1, 0.15) is 5.56 Å². The van der Waals surface area contributed by atoms with E-state index in [-0.39, 0.29) is 17.3 Å². The van der Waals surface area contributed by atoms with Gasteiger partial charge in [0.25, 0.3) is 0 Å². The SMILES string of the molecule is O=c1cc(CCl)c2cc(F)ccc2[nH]1. The highest BCUT2D eigenvalue weighted by Gasteiger charge is 2.03. The third-order valence-electron chi connectivity index (χ3n) is 2.03. The average molecular weight is 212 g/mol. The first-order chi connectivity index (χ1) is 6.70. The Hall–Kier alpha value is -1.35. The summed E-state index contributed by atoms with van der Waals surface area (Å²) in [5.41, 5.74) is 1.03. The Morgan fingerprint density at radius 3 is 2.86 bits per heavy atom. The molecule has 0 aliphatic carbocycles.